The quantitative estimate of drug-likeness (QED) is 0.599. The molecule has 2 aliphatic carbocycles. The van der Waals surface area contributed by atoms with Crippen molar-refractivity contribution >= 4 is 12.1 Å². The Kier molecular flexibility index (Phi) is 7.57. The standard InChI is InChI=1S/C25H35N5O5/c1-15-10-17(11-15)13-29(3)25(33)34-14-21-23(27-28-30(21)4)20-8-9-22(16(2)26-20)35-19-7-5-6-18(12-19)24(31)32/h8-9,15,17-19H,5-7,10-14H2,1-4H3,(H,31,32)/t15?,17?,18-,19-/m0/s1. The predicted octanol–water partition coefficient (Wildman–Crippen LogP) is 3.82. The second kappa shape index (κ2) is 10.6. The van der Waals surface area contributed by atoms with Crippen LogP contribution in [0.4, 0.5) is 4.79 Å². The minimum Gasteiger partial charge on any atom is -0.489 e. The average molecular weight is 486 g/mol. The zero-order valence-corrected chi connectivity index (χ0v) is 20.9. The van der Waals surface area contributed by atoms with Crippen LogP contribution in [0, 0.1) is 24.7 Å². The molecule has 35 heavy (non-hydrogen) atoms. The molecule has 2 aliphatic rings. The Labute approximate surface area is 205 Å². The maximum Gasteiger partial charge on any atom is 0.409 e. The minimum absolute atomic E-state index is 0.0424. The van der Waals surface area contributed by atoms with Gasteiger partial charge in [0.15, 0.2) is 0 Å². The molecular formula is C25H35N5O5. The van der Waals surface area contributed by atoms with Crippen molar-refractivity contribution in [2.24, 2.45) is 24.8 Å². The summed E-state index contributed by atoms with van der Waals surface area (Å²) in [5, 5.41) is 17.7. The number of carboxylic acid groups (broad SMARTS) is 1. The van der Waals surface area contributed by atoms with Gasteiger partial charge in [-0.15, -0.1) is 5.10 Å². The Bertz CT molecular complexity index is 1060. The number of pyridine rings is 1. The van der Waals surface area contributed by atoms with Crippen LogP contribution in [-0.4, -0.2) is 61.7 Å². The smallest absolute Gasteiger partial charge is 0.409 e. The molecule has 2 aromatic heterocycles. The number of carboxylic acids is 1. The summed E-state index contributed by atoms with van der Waals surface area (Å²) in [5.41, 5.74) is 2.50. The minimum atomic E-state index is -0.761. The molecule has 0 radical (unpaired) electrons. The molecule has 2 heterocycles. The molecule has 2 saturated carbocycles. The van der Waals surface area contributed by atoms with Gasteiger partial charge in [-0.1, -0.05) is 12.1 Å². The number of aliphatic carboxylic acids is 1. The zero-order valence-electron chi connectivity index (χ0n) is 20.9. The van der Waals surface area contributed by atoms with Crippen LogP contribution in [0.15, 0.2) is 12.1 Å². The summed E-state index contributed by atoms with van der Waals surface area (Å²) in [6.07, 6.45) is 4.67. The zero-order chi connectivity index (χ0) is 25.1. The highest BCUT2D eigenvalue weighted by atomic mass is 16.6. The Hall–Kier alpha value is -3.17. The van der Waals surface area contributed by atoms with Gasteiger partial charge in [-0.2, -0.15) is 0 Å². The topological polar surface area (TPSA) is 120 Å². The Morgan fingerprint density at radius 3 is 2.69 bits per heavy atom. The first-order chi connectivity index (χ1) is 16.7. The van der Waals surface area contributed by atoms with Gasteiger partial charge in [-0.05, 0) is 69.4 Å². The molecule has 2 atom stereocenters. The predicted molar refractivity (Wildman–Crippen MR) is 128 cm³/mol. The van der Waals surface area contributed by atoms with Crippen LogP contribution in [0.1, 0.15) is 56.8 Å². The Morgan fingerprint density at radius 2 is 2.00 bits per heavy atom. The third-order valence-corrected chi connectivity index (χ3v) is 7.14. The largest absolute Gasteiger partial charge is 0.489 e. The van der Waals surface area contributed by atoms with E-state index < -0.39 is 5.97 Å². The fraction of sp³-hybridized carbons (Fsp3) is 0.640. The van der Waals surface area contributed by atoms with Gasteiger partial charge < -0.3 is 19.5 Å². The van der Waals surface area contributed by atoms with E-state index in [1.165, 1.54) is 0 Å². The number of amides is 1. The maximum atomic E-state index is 12.5. The van der Waals surface area contributed by atoms with Crippen LogP contribution in [0.2, 0.25) is 0 Å². The van der Waals surface area contributed by atoms with Gasteiger partial charge in [0, 0.05) is 20.6 Å². The monoisotopic (exact) mass is 485 g/mol. The lowest BCUT2D eigenvalue weighted by atomic mass is 9.76. The summed E-state index contributed by atoms with van der Waals surface area (Å²) in [6.45, 7) is 4.82. The second-order valence-corrected chi connectivity index (χ2v) is 10.1. The van der Waals surface area contributed by atoms with Gasteiger partial charge in [0.05, 0.1) is 23.4 Å². The number of aromatic nitrogens is 4. The molecule has 190 valence electrons. The van der Waals surface area contributed by atoms with Crippen LogP contribution in [0.25, 0.3) is 11.4 Å². The van der Waals surface area contributed by atoms with Gasteiger partial charge in [0.25, 0.3) is 0 Å². The number of carbonyl (C=O) groups is 2. The van der Waals surface area contributed by atoms with E-state index in [1.807, 2.05) is 13.0 Å². The van der Waals surface area contributed by atoms with Crippen molar-refractivity contribution in [3.05, 3.63) is 23.5 Å². The van der Waals surface area contributed by atoms with E-state index in [9.17, 15) is 14.7 Å². The SMILES string of the molecule is Cc1nc(-c2nnn(C)c2COC(=O)N(C)CC2CC(C)C2)ccc1O[C@H]1CCC[C@H](C(=O)O)C1. The number of hydrogen-bond acceptors (Lipinski definition) is 7. The van der Waals surface area contributed by atoms with Crippen molar-refractivity contribution in [3.8, 4) is 17.1 Å². The van der Waals surface area contributed by atoms with E-state index in [2.05, 4.69) is 22.2 Å². The molecule has 4 rings (SSSR count). The van der Waals surface area contributed by atoms with Crippen molar-refractivity contribution in [2.75, 3.05) is 13.6 Å². The molecule has 0 aromatic carbocycles. The van der Waals surface area contributed by atoms with Crippen LogP contribution in [0.3, 0.4) is 0 Å². The van der Waals surface area contributed by atoms with Gasteiger partial charge in [-0.3, -0.25) is 4.79 Å². The fourth-order valence-electron chi connectivity index (χ4n) is 5.12. The summed E-state index contributed by atoms with van der Waals surface area (Å²) in [4.78, 5) is 30.1. The summed E-state index contributed by atoms with van der Waals surface area (Å²) >= 11 is 0. The fourth-order valence-corrected chi connectivity index (χ4v) is 5.12. The number of ether oxygens (including phenoxy) is 2. The summed E-state index contributed by atoms with van der Waals surface area (Å²) in [6, 6.07) is 3.64. The van der Waals surface area contributed by atoms with Crippen LogP contribution >= 0.6 is 0 Å². The number of hydrogen-bond donors (Lipinski definition) is 1. The second-order valence-electron chi connectivity index (χ2n) is 10.1. The van der Waals surface area contributed by atoms with Gasteiger partial charge in [0.2, 0.25) is 0 Å². The maximum absolute atomic E-state index is 12.5. The number of aryl methyl sites for hydroxylation is 2. The molecule has 1 amide bonds. The van der Waals surface area contributed by atoms with Crippen LogP contribution in [0.5, 0.6) is 5.75 Å². The molecule has 0 saturated heterocycles. The van der Waals surface area contributed by atoms with Crippen molar-refractivity contribution in [2.45, 2.75) is 65.1 Å². The van der Waals surface area contributed by atoms with Gasteiger partial charge >= 0.3 is 12.1 Å². The molecule has 0 bridgehead atoms. The highest BCUT2D eigenvalue weighted by Crippen LogP contribution is 2.33. The summed E-state index contributed by atoms with van der Waals surface area (Å²) < 4.78 is 13.3. The first kappa shape index (κ1) is 24.9. The van der Waals surface area contributed by atoms with E-state index in [1.54, 1.807) is 29.7 Å². The van der Waals surface area contributed by atoms with E-state index in [0.717, 1.165) is 31.6 Å². The van der Waals surface area contributed by atoms with Crippen molar-refractivity contribution in [1.82, 2.24) is 24.9 Å². The Balaban J connectivity index is 1.39. The van der Waals surface area contributed by atoms with E-state index >= 15 is 0 Å². The number of rotatable bonds is 8. The summed E-state index contributed by atoms with van der Waals surface area (Å²) in [5.74, 6) is 0.803. The normalized spacial score (nSPS) is 23.9. The van der Waals surface area contributed by atoms with E-state index in [-0.39, 0.29) is 24.7 Å². The first-order valence-electron chi connectivity index (χ1n) is 12.3. The third-order valence-electron chi connectivity index (χ3n) is 7.14. The lowest BCUT2D eigenvalue weighted by molar-refractivity contribution is -0.143. The number of carbonyl (C=O) groups excluding carboxylic acids is 1. The highest BCUT2D eigenvalue weighted by molar-refractivity contribution is 5.70. The molecular weight excluding hydrogens is 450 g/mol. The van der Waals surface area contributed by atoms with Crippen LogP contribution < -0.4 is 4.74 Å². The lowest BCUT2D eigenvalue weighted by Gasteiger charge is -2.35. The van der Waals surface area contributed by atoms with Gasteiger partial charge in [-0.25, -0.2) is 14.5 Å². The lowest BCUT2D eigenvalue weighted by Crippen LogP contribution is -2.37. The molecule has 2 fully saturated rings. The molecule has 0 unspecified atom stereocenters. The van der Waals surface area contributed by atoms with Crippen molar-refractivity contribution in [3.63, 3.8) is 0 Å². The molecule has 2 aromatic rings. The molecule has 10 heteroatoms. The number of nitrogens with zero attached hydrogens (tertiary/aromatic N) is 5. The molecule has 0 spiro atoms. The average Bonchev–Trinajstić information content (AvgIpc) is 3.18. The highest BCUT2D eigenvalue weighted by Gasteiger charge is 2.29. The van der Waals surface area contributed by atoms with Crippen molar-refractivity contribution in [1.29, 1.82) is 0 Å². The van der Waals surface area contributed by atoms with Crippen LogP contribution in [-0.2, 0) is 23.2 Å². The Morgan fingerprint density at radius 1 is 1.23 bits per heavy atom. The van der Waals surface area contributed by atoms with Gasteiger partial charge in [0.1, 0.15) is 23.7 Å². The summed E-state index contributed by atoms with van der Waals surface area (Å²) in [7, 11) is 3.52. The molecule has 0 aliphatic heterocycles. The van der Waals surface area contributed by atoms with E-state index in [0.29, 0.717) is 53.8 Å². The molecule has 1 N–H and O–H groups in total. The first-order valence-corrected chi connectivity index (χ1v) is 12.3. The molecule has 10 nitrogen and oxygen atoms in total. The van der Waals surface area contributed by atoms with E-state index in [4.69, 9.17) is 9.47 Å². The van der Waals surface area contributed by atoms with Crippen molar-refractivity contribution < 1.29 is 24.2 Å². The third kappa shape index (κ3) is 5.91.